The number of aromatic nitrogens is 1. The summed E-state index contributed by atoms with van der Waals surface area (Å²) in [6.45, 7) is 5.48. The molecule has 1 rings (SSSR count). The van der Waals surface area contributed by atoms with E-state index in [1.165, 1.54) is 0 Å². The Balaban J connectivity index is 2.83. The van der Waals surface area contributed by atoms with Gasteiger partial charge < -0.3 is 4.52 Å². The molecule has 0 fully saturated rings. The zero-order chi connectivity index (χ0) is 7.40. The molecular formula is C8H9NO. The molecule has 0 unspecified atom stereocenters. The molecule has 0 aliphatic heterocycles. The predicted octanol–water partition coefficient (Wildman–Crippen LogP) is 2.18. The molecule has 0 aromatic carbocycles. The van der Waals surface area contributed by atoms with Crippen LogP contribution in [0.3, 0.4) is 0 Å². The monoisotopic (exact) mass is 135 g/mol. The standard InChI is InChI=1S/C8H9NO/c1-3-4-5-8-7(2)6-9-10-8/h3-6H,1H2,2H3/b5-4-. The lowest BCUT2D eigenvalue weighted by molar-refractivity contribution is 0.412. The Morgan fingerprint density at radius 1 is 1.70 bits per heavy atom. The fourth-order valence-corrected chi connectivity index (χ4v) is 0.615. The highest BCUT2D eigenvalue weighted by atomic mass is 16.5. The molecular weight excluding hydrogens is 126 g/mol. The van der Waals surface area contributed by atoms with Crippen molar-refractivity contribution in [2.45, 2.75) is 6.92 Å². The van der Waals surface area contributed by atoms with Crippen LogP contribution in [0.4, 0.5) is 0 Å². The lowest BCUT2D eigenvalue weighted by atomic mass is 10.3. The third-order valence-electron chi connectivity index (χ3n) is 1.17. The number of nitrogens with zero attached hydrogens (tertiary/aromatic N) is 1. The topological polar surface area (TPSA) is 26.0 Å². The van der Waals surface area contributed by atoms with Crippen LogP contribution in [0.5, 0.6) is 0 Å². The van der Waals surface area contributed by atoms with Gasteiger partial charge in [0.1, 0.15) is 0 Å². The number of aryl methyl sites for hydroxylation is 1. The minimum atomic E-state index is 0.792. The molecule has 0 radical (unpaired) electrons. The second-order valence-corrected chi connectivity index (χ2v) is 1.97. The molecule has 1 aromatic heterocycles. The summed E-state index contributed by atoms with van der Waals surface area (Å²) in [6.07, 6.45) is 7.02. The molecule has 10 heavy (non-hydrogen) atoms. The number of rotatable bonds is 2. The van der Waals surface area contributed by atoms with Gasteiger partial charge in [-0.1, -0.05) is 23.9 Å². The van der Waals surface area contributed by atoms with E-state index in [2.05, 4.69) is 11.7 Å². The van der Waals surface area contributed by atoms with Crippen molar-refractivity contribution in [2.24, 2.45) is 0 Å². The molecule has 0 saturated heterocycles. The van der Waals surface area contributed by atoms with Crippen molar-refractivity contribution in [1.29, 1.82) is 0 Å². The molecule has 2 nitrogen and oxygen atoms in total. The van der Waals surface area contributed by atoms with E-state index in [9.17, 15) is 0 Å². The average molecular weight is 135 g/mol. The maximum absolute atomic E-state index is 4.88. The quantitative estimate of drug-likeness (QED) is 0.581. The summed E-state index contributed by atoms with van der Waals surface area (Å²) in [5, 5.41) is 3.61. The Morgan fingerprint density at radius 3 is 3.00 bits per heavy atom. The average Bonchev–Trinajstić information content (AvgIpc) is 2.31. The second-order valence-electron chi connectivity index (χ2n) is 1.97. The van der Waals surface area contributed by atoms with E-state index < -0.39 is 0 Å². The van der Waals surface area contributed by atoms with E-state index in [4.69, 9.17) is 4.52 Å². The molecule has 0 aliphatic carbocycles. The van der Waals surface area contributed by atoms with Gasteiger partial charge in [0.05, 0.1) is 6.20 Å². The minimum absolute atomic E-state index is 0.792. The summed E-state index contributed by atoms with van der Waals surface area (Å²) in [4.78, 5) is 0. The second kappa shape index (κ2) is 3.01. The van der Waals surface area contributed by atoms with Gasteiger partial charge in [-0.2, -0.15) is 0 Å². The predicted molar refractivity (Wildman–Crippen MR) is 40.5 cm³/mol. The van der Waals surface area contributed by atoms with Crippen LogP contribution < -0.4 is 0 Å². The first-order valence-electron chi connectivity index (χ1n) is 3.05. The highest BCUT2D eigenvalue weighted by molar-refractivity contribution is 5.47. The molecule has 0 bridgehead atoms. The Hall–Kier alpha value is -1.31. The summed E-state index contributed by atoms with van der Waals surface area (Å²) in [5.74, 6) is 0.792. The SMILES string of the molecule is C=C/C=C\c1oncc1C. The third kappa shape index (κ3) is 1.35. The third-order valence-corrected chi connectivity index (χ3v) is 1.17. The van der Waals surface area contributed by atoms with E-state index in [1.54, 1.807) is 12.3 Å². The normalized spacial score (nSPS) is 10.5. The Kier molecular flexibility index (Phi) is 2.05. The molecule has 1 heterocycles. The van der Waals surface area contributed by atoms with Crippen LogP contribution in [0.1, 0.15) is 11.3 Å². The van der Waals surface area contributed by atoms with E-state index in [0.29, 0.717) is 0 Å². The van der Waals surface area contributed by atoms with Crippen molar-refractivity contribution < 1.29 is 4.52 Å². The Labute approximate surface area is 59.8 Å². The van der Waals surface area contributed by atoms with Gasteiger partial charge in [0, 0.05) is 5.56 Å². The first-order chi connectivity index (χ1) is 4.84. The summed E-state index contributed by atoms with van der Waals surface area (Å²) < 4.78 is 4.88. The molecule has 2 heteroatoms. The van der Waals surface area contributed by atoms with Crippen LogP contribution in [-0.2, 0) is 0 Å². The van der Waals surface area contributed by atoms with Crippen LogP contribution in [0.15, 0.2) is 29.5 Å². The van der Waals surface area contributed by atoms with Gasteiger partial charge in [-0.05, 0) is 13.0 Å². The summed E-state index contributed by atoms with van der Waals surface area (Å²) >= 11 is 0. The lowest BCUT2D eigenvalue weighted by Crippen LogP contribution is -1.67. The van der Waals surface area contributed by atoms with E-state index in [0.717, 1.165) is 11.3 Å². The van der Waals surface area contributed by atoms with Crippen LogP contribution in [-0.4, -0.2) is 5.16 Å². The van der Waals surface area contributed by atoms with E-state index >= 15 is 0 Å². The largest absolute Gasteiger partial charge is 0.357 e. The molecule has 0 amide bonds. The number of hydrogen-bond acceptors (Lipinski definition) is 2. The highest BCUT2D eigenvalue weighted by Crippen LogP contribution is 2.07. The lowest BCUT2D eigenvalue weighted by Gasteiger charge is -1.81. The molecule has 0 aliphatic rings. The zero-order valence-corrected chi connectivity index (χ0v) is 5.87. The summed E-state index contributed by atoms with van der Waals surface area (Å²) in [5.41, 5.74) is 1.04. The molecule has 52 valence electrons. The van der Waals surface area contributed by atoms with Gasteiger partial charge in [0.15, 0.2) is 5.76 Å². The highest BCUT2D eigenvalue weighted by Gasteiger charge is 1.95. The van der Waals surface area contributed by atoms with Crippen molar-refractivity contribution in [3.8, 4) is 0 Å². The van der Waals surface area contributed by atoms with Crippen molar-refractivity contribution in [2.75, 3.05) is 0 Å². The maximum Gasteiger partial charge on any atom is 0.162 e. The molecule has 0 spiro atoms. The van der Waals surface area contributed by atoms with Crippen molar-refractivity contribution in [3.63, 3.8) is 0 Å². The fourth-order valence-electron chi connectivity index (χ4n) is 0.615. The first kappa shape index (κ1) is 6.81. The Bertz CT molecular complexity index is 248. The molecule has 1 aromatic rings. The molecule has 0 atom stereocenters. The molecule has 0 saturated carbocycles. The van der Waals surface area contributed by atoms with Crippen LogP contribution in [0, 0.1) is 6.92 Å². The van der Waals surface area contributed by atoms with Crippen LogP contribution in [0.2, 0.25) is 0 Å². The smallest absolute Gasteiger partial charge is 0.162 e. The molecule has 0 N–H and O–H groups in total. The minimum Gasteiger partial charge on any atom is -0.357 e. The van der Waals surface area contributed by atoms with Gasteiger partial charge in [0.2, 0.25) is 0 Å². The zero-order valence-electron chi connectivity index (χ0n) is 5.87. The van der Waals surface area contributed by atoms with Gasteiger partial charge in [-0.3, -0.25) is 0 Å². The van der Waals surface area contributed by atoms with E-state index in [1.807, 2.05) is 19.1 Å². The van der Waals surface area contributed by atoms with Crippen molar-refractivity contribution in [1.82, 2.24) is 5.16 Å². The number of hydrogen-bond donors (Lipinski definition) is 0. The summed E-state index contributed by atoms with van der Waals surface area (Å²) in [6, 6.07) is 0. The van der Waals surface area contributed by atoms with E-state index in [-0.39, 0.29) is 0 Å². The first-order valence-corrected chi connectivity index (χ1v) is 3.05. The van der Waals surface area contributed by atoms with Gasteiger partial charge in [-0.25, -0.2) is 0 Å². The Morgan fingerprint density at radius 2 is 2.50 bits per heavy atom. The van der Waals surface area contributed by atoms with Crippen LogP contribution >= 0.6 is 0 Å². The van der Waals surface area contributed by atoms with Gasteiger partial charge in [0.25, 0.3) is 0 Å². The fraction of sp³-hybridized carbons (Fsp3) is 0.125. The maximum atomic E-state index is 4.88. The number of allylic oxidation sites excluding steroid dienone is 2. The van der Waals surface area contributed by atoms with Gasteiger partial charge in [-0.15, -0.1) is 0 Å². The van der Waals surface area contributed by atoms with Crippen LogP contribution in [0.25, 0.3) is 6.08 Å². The van der Waals surface area contributed by atoms with Crippen molar-refractivity contribution in [3.05, 3.63) is 36.3 Å². The summed E-state index contributed by atoms with van der Waals surface area (Å²) in [7, 11) is 0. The van der Waals surface area contributed by atoms with Crippen molar-refractivity contribution >= 4 is 6.08 Å². The van der Waals surface area contributed by atoms with Gasteiger partial charge >= 0.3 is 0 Å².